The number of methoxy groups -OCH3 is 1. The maximum Gasteiger partial charge on any atom is 0.305 e. The third-order valence-electron chi connectivity index (χ3n) is 5.84. The molecule has 2 heterocycles. The van der Waals surface area contributed by atoms with E-state index < -0.39 is 34.4 Å². The fraction of sp³-hybridized carbons (Fsp3) is 0.240. The Kier molecular flexibility index (Phi) is 8.45. The summed E-state index contributed by atoms with van der Waals surface area (Å²) in [5.41, 5.74) is 8.01. The van der Waals surface area contributed by atoms with E-state index in [-0.39, 0.29) is 16.6 Å². The van der Waals surface area contributed by atoms with Crippen LogP contribution in [-0.4, -0.2) is 60.3 Å². The Morgan fingerprint density at radius 1 is 1.21 bits per heavy atom. The topological polar surface area (TPSA) is 157 Å². The van der Waals surface area contributed by atoms with Gasteiger partial charge in [0.15, 0.2) is 5.82 Å². The molecule has 2 aromatic carbocycles. The third-order valence-corrected chi connectivity index (χ3v) is 8.90. The quantitative estimate of drug-likeness (QED) is 0.240. The number of aromatic nitrogens is 2. The van der Waals surface area contributed by atoms with E-state index >= 15 is 0 Å². The van der Waals surface area contributed by atoms with Gasteiger partial charge in [-0.2, -0.15) is 5.10 Å². The van der Waals surface area contributed by atoms with Gasteiger partial charge in [-0.25, -0.2) is 8.42 Å². The number of carboxylic acids is 1. The lowest BCUT2D eigenvalue weighted by Gasteiger charge is -2.21. The summed E-state index contributed by atoms with van der Waals surface area (Å²) >= 11 is 6.87. The number of rotatable bonds is 11. The number of hydrogen-bond acceptors (Lipinski definition) is 8. The summed E-state index contributed by atoms with van der Waals surface area (Å²) in [6.07, 6.45) is -0.454. The molecule has 1 amide bonds. The van der Waals surface area contributed by atoms with Crippen LogP contribution >= 0.6 is 22.9 Å². The van der Waals surface area contributed by atoms with Crippen molar-refractivity contribution in [2.45, 2.75) is 29.8 Å². The zero-order chi connectivity index (χ0) is 28.3. The summed E-state index contributed by atoms with van der Waals surface area (Å²) in [4.78, 5) is 24.7. The molecular formula is C25H26ClN5O6S2. The van der Waals surface area contributed by atoms with Crippen LogP contribution in [0.25, 0.3) is 10.9 Å². The molecule has 0 saturated carbocycles. The molecule has 4 N–H and O–H groups in total. The average Bonchev–Trinajstić information content (AvgIpc) is 3.47. The van der Waals surface area contributed by atoms with Crippen LogP contribution in [0.3, 0.4) is 0 Å². The summed E-state index contributed by atoms with van der Waals surface area (Å²) < 4.78 is 36.1. The van der Waals surface area contributed by atoms with Crippen molar-refractivity contribution in [2.75, 3.05) is 18.9 Å². The number of fused-ring (bicyclic) bond motifs is 1. The highest BCUT2D eigenvalue weighted by molar-refractivity contribution is 7.94. The van der Waals surface area contributed by atoms with E-state index in [4.69, 9.17) is 27.2 Å². The lowest BCUT2D eigenvalue weighted by molar-refractivity contribution is -0.141. The molecule has 0 radical (unpaired) electrons. The number of amides is 1. The first kappa shape index (κ1) is 28.4. The number of carbonyl (C=O) groups excluding carboxylic acids is 1. The van der Waals surface area contributed by atoms with Crippen LogP contribution < -0.4 is 15.2 Å². The minimum atomic E-state index is -3.94. The predicted octanol–water partition coefficient (Wildman–Crippen LogP) is 3.37. The van der Waals surface area contributed by atoms with Gasteiger partial charge in [0.05, 0.1) is 41.4 Å². The maximum atomic E-state index is 13.0. The summed E-state index contributed by atoms with van der Waals surface area (Å²) in [7, 11) is -0.891. The second-order valence-electron chi connectivity index (χ2n) is 8.74. The van der Waals surface area contributed by atoms with Gasteiger partial charge < -0.3 is 20.5 Å². The van der Waals surface area contributed by atoms with Crippen molar-refractivity contribution in [3.05, 3.63) is 70.1 Å². The lowest BCUT2D eigenvalue weighted by Crippen LogP contribution is -2.42. The number of anilines is 1. The molecule has 4 rings (SSSR count). The van der Waals surface area contributed by atoms with Gasteiger partial charge in [-0.15, -0.1) is 11.3 Å². The Hall–Kier alpha value is -3.65. The maximum absolute atomic E-state index is 13.0. The summed E-state index contributed by atoms with van der Waals surface area (Å²) in [5, 5.41) is 14.0. The second-order valence-corrected chi connectivity index (χ2v) is 12.4. The number of nitrogens with one attached hydrogen (secondary N) is 1. The van der Waals surface area contributed by atoms with Crippen LogP contribution in [0, 0.1) is 0 Å². The fourth-order valence-corrected chi connectivity index (χ4v) is 6.58. The molecule has 0 unspecified atom stereocenters. The zero-order valence-electron chi connectivity index (χ0n) is 21.0. The Morgan fingerprint density at radius 2 is 1.92 bits per heavy atom. The minimum absolute atomic E-state index is 0.0551. The first-order valence-corrected chi connectivity index (χ1v) is 14.3. The highest BCUT2D eigenvalue weighted by Gasteiger charge is 2.24. The Labute approximate surface area is 233 Å². The van der Waals surface area contributed by atoms with Crippen molar-refractivity contribution in [1.82, 2.24) is 14.7 Å². The molecule has 206 valence electrons. The van der Waals surface area contributed by atoms with Gasteiger partial charge >= 0.3 is 5.97 Å². The monoisotopic (exact) mass is 591 g/mol. The molecule has 1 atom stereocenters. The molecule has 0 aliphatic heterocycles. The van der Waals surface area contributed by atoms with Crippen LogP contribution in [0.5, 0.6) is 5.75 Å². The average molecular weight is 592 g/mol. The number of nitrogens with zero attached hydrogens (tertiary/aromatic N) is 3. The van der Waals surface area contributed by atoms with Crippen molar-refractivity contribution in [1.29, 1.82) is 0 Å². The summed E-state index contributed by atoms with van der Waals surface area (Å²) in [5.74, 6) is -1.06. The van der Waals surface area contributed by atoms with Crippen molar-refractivity contribution < 1.29 is 27.9 Å². The molecular weight excluding hydrogens is 566 g/mol. The Balaban J connectivity index is 1.62. The molecule has 4 aromatic rings. The molecule has 0 spiro atoms. The standard InChI is InChI=1S/C25H26ClN5O6S2/c1-30(25(34)17(27)12-21(32)33)13-15-5-3-6-16(11-15)14-31-18-7-4-8-19(37-2)23(18)24(28-31)29-39(35,36)22-10-9-20(26)38-22/h3-11,17H,12-14,27H2,1-2H3,(H,28,29)(H,32,33)/t17-/m0/s1. The van der Waals surface area contributed by atoms with Gasteiger partial charge in [-0.3, -0.25) is 19.0 Å². The number of carbonyl (C=O) groups is 2. The van der Waals surface area contributed by atoms with Crippen LogP contribution in [0.1, 0.15) is 17.5 Å². The number of halogens is 1. The van der Waals surface area contributed by atoms with E-state index in [2.05, 4.69) is 9.82 Å². The number of nitrogens with two attached hydrogens (primary N) is 1. The number of ether oxygens (including phenoxy) is 1. The number of hydrogen-bond donors (Lipinski definition) is 3. The normalized spacial score (nSPS) is 12.3. The number of aliphatic carboxylic acids is 1. The molecule has 0 saturated heterocycles. The number of sulfonamides is 1. The molecule has 0 bridgehead atoms. The Morgan fingerprint density at radius 3 is 2.59 bits per heavy atom. The van der Waals surface area contributed by atoms with E-state index in [1.807, 2.05) is 30.3 Å². The van der Waals surface area contributed by atoms with E-state index in [9.17, 15) is 18.0 Å². The smallest absolute Gasteiger partial charge is 0.305 e. The van der Waals surface area contributed by atoms with Gasteiger partial charge in [0, 0.05) is 13.6 Å². The fourth-order valence-electron chi connectivity index (χ4n) is 4.09. The van der Waals surface area contributed by atoms with Crippen LogP contribution in [0.15, 0.2) is 58.8 Å². The first-order valence-electron chi connectivity index (χ1n) is 11.6. The number of carboxylic acid groups (broad SMARTS) is 1. The van der Waals surface area contributed by atoms with Crippen LogP contribution in [0.2, 0.25) is 4.34 Å². The van der Waals surface area contributed by atoms with E-state index in [0.29, 0.717) is 27.5 Å². The van der Waals surface area contributed by atoms with E-state index in [1.165, 1.54) is 24.1 Å². The van der Waals surface area contributed by atoms with Gasteiger partial charge in [0.25, 0.3) is 10.0 Å². The van der Waals surface area contributed by atoms with Crippen molar-refractivity contribution in [2.24, 2.45) is 5.73 Å². The highest BCUT2D eigenvalue weighted by Crippen LogP contribution is 2.35. The van der Waals surface area contributed by atoms with Crippen molar-refractivity contribution >= 4 is 61.6 Å². The lowest BCUT2D eigenvalue weighted by atomic mass is 10.1. The number of likely N-dealkylation sites (N-methyl/N-ethyl adjacent to an activating group) is 1. The van der Waals surface area contributed by atoms with Crippen LogP contribution in [-0.2, 0) is 32.7 Å². The Bertz CT molecular complexity index is 1630. The van der Waals surface area contributed by atoms with Gasteiger partial charge in [0.2, 0.25) is 5.91 Å². The molecule has 0 aliphatic rings. The molecule has 11 nitrogen and oxygen atoms in total. The minimum Gasteiger partial charge on any atom is -0.496 e. The van der Waals surface area contributed by atoms with Crippen LogP contribution in [0.4, 0.5) is 5.82 Å². The van der Waals surface area contributed by atoms with Crippen molar-refractivity contribution in [3.8, 4) is 5.75 Å². The largest absolute Gasteiger partial charge is 0.496 e. The molecule has 0 fully saturated rings. The number of benzene rings is 2. The predicted molar refractivity (Wildman–Crippen MR) is 149 cm³/mol. The molecule has 0 aliphatic carbocycles. The second kappa shape index (κ2) is 11.6. The van der Waals surface area contributed by atoms with Gasteiger partial charge in [0.1, 0.15) is 9.96 Å². The van der Waals surface area contributed by atoms with E-state index in [0.717, 1.165) is 22.5 Å². The summed E-state index contributed by atoms with van der Waals surface area (Å²) in [6.45, 7) is 0.516. The van der Waals surface area contributed by atoms with Gasteiger partial charge in [-0.1, -0.05) is 41.9 Å². The first-order chi connectivity index (χ1) is 18.5. The summed E-state index contributed by atoms with van der Waals surface area (Å²) in [6, 6.07) is 14.6. The zero-order valence-corrected chi connectivity index (χ0v) is 23.4. The van der Waals surface area contributed by atoms with E-state index in [1.54, 1.807) is 23.9 Å². The molecule has 14 heteroatoms. The number of thiophene rings is 1. The molecule has 2 aromatic heterocycles. The highest BCUT2D eigenvalue weighted by atomic mass is 35.5. The van der Waals surface area contributed by atoms with Gasteiger partial charge in [-0.05, 0) is 35.4 Å². The SMILES string of the molecule is COc1cccc2c1c(NS(=O)(=O)c1ccc(Cl)s1)nn2Cc1cccc(CN(C)C(=O)[C@@H](N)CC(=O)O)c1. The van der Waals surface area contributed by atoms with Crippen molar-refractivity contribution in [3.63, 3.8) is 0 Å². The molecule has 39 heavy (non-hydrogen) atoms. The third kappa shape index (κ3) is 6.50.